The number of aromatic nitrogens is 3. The van der Waals surface area contributed by atoms with Gasteiger partial charge in [-0.15, -0.1) is 10.2 Å². The van der Waals surface area contributed by atoms with E-state index in [1.54, 1.807) is 17.2 Å². The second kappa shape index (κ2) is 6.23. The lowest BCUT2D eigenvalue weighted by Gasteiger charge is -2.32. The largest absolute Gasteiger partial charge is 0.335 e. The third-order valence-electron chi connectivity index (χ3n) is 4.54. The minimum absolute atomic E-state index is 0.0617. The highest BCUT2D eigenvalue weighted by atomic mass is 16.2. The Hall–Kier alpha value is -2.43. The predicted octanol–water partition coefficient (Wildman–Crippen LogP) is 3.39. The first-order valence-electron chi connectivity index (χ1n) is 8.31. The molecular formula is C19H24N4O. The van der Waals surface area contributed by atoms with Crippen LogP contribution in [0.25, 0.3) is 5.69 Å². The first-order valence-corrected chi connectivity index (χ1v) is 8.31. The first kappa shape index (κ1) is 16.4. The van der Waals surface area contributed by atoms with Crippen LogP contribution in [0.15, 0.2) is 42.5 Å². The second-order valence-electron chi connectivity index (χ2n) is 7.37. The van der Waals surface area contributed by atoms with E-state index in [1.807, 2.05) is 30.0 Å². The van der Waals surface area contributed by atoms with E-state index in [0.29, 0.717) is 12.1 Å². The number of amides is 1. The molecule has 0 saturated heterocycles. The van der Waals surface area contributed by atoms with Crippen LogP contribution in [0.2, 0.25) is 0 Å². The molecule has 0 unspecified atom stereocenters. The summed E-state index contributed by atoms with van der Waals surface area (Å²) in [4.78, 5) is 15.0. The monoisotopic (exact) mass is 324 g/mol. The van der Waals surface area contributed by atoms with Gasteiger partial charge in [0.15, 0.2) is 0 Å². The van der Waals surface area contributed by atoms with Crippen molar-refractivity contribution in [3.8, 4) is 5.69 Å². The van der Waals surface area contributed by atoms with Crippen molar-refractivity contribution in [1.82, 2.24) is 19.7 Å². The highest BCUT2D eigenvalue weighted by Crippen LogP contribution is 2.30. The summed E-state index contributed by atoms with van der Waals surface area (Å²) in [7, 11) is 0. The highest BCUT2D eigenvalue weighted by molar-refractivity contribution is 5.98. The molecule has 126 valence electrons. The molecule has 3 rings (SSSR count). The lowest BCUT2D eigenvalue weighted by Crippen LogP contribution is -2.36. The molecule has 24 heavy (non-hydrogen) atoms. The van der Waals surface area contributed by atoms with E-state index >= 15 is 0 Å². The van der Waals surface area contributed by atoms with E-state index in [0.717, 1.165) is 24.2 Å². The molecule has 1 aliphatic heterocycles. The van der Waals surface area contributed by atoms with Crippen LogP contribution in [-0.2, 0) is 0 Å². The van der Waals surface area contributed by atoms with Gasteiger partial charge in [0.2, 0.25) is 0 Å². The van der Waals surface area contributed by atoms with Gasteiger partial charge in [0, 0.05) is 13.1 Å². The maximum absolute atomic E-state index is 13.1. The predicted molar refractivity (Wildman–Crippen MR) is 94.2 cm³/mol. The summed E-state index contributed by atoms with van der Waals surface area (Å²) in [5.41, 5.74) is 4.18. The Balaban J connectivity index is 1.89. The Morgan fingerprint density at radius 2 is 1.88 bits per heavy atom. The molecule has 0 saturated carbocycles. The van der Waals surface area contributed by atoms with Gasteiger partial charge in [-0.1, -0.05) is 44.1 Å². The lowest BCUT2D eigenvalue weighted by molar-refractivity contribution is 0.0765. The van der Waals surface area contributed by atoms with Crippen LogP contribution in [0.1, 0.15) is 43.1 Å². The molecule has 2 heterocycles. The third-order valence-corrected chi connectivity index (χ3v) is 4.54. The van der Waals surface area contributed by atoms with E-state index < -0.39 is 0 Å². The quantitative estimate of drug-likeness (QED) is 0.796. The summed E-state index contributed by atoms with van der Waals surface area (Å²) < 4.78 is 1.78. The molecule has 1 amide bonds. The van der Waals surface area contributed by atoms with E-state index in [-0.39, 0.29) is 11.3 Å². The SMILES string of the molecule is Cc1ccc(-n2cnnc2)c(C(=O)N2CC=C(C(C)(C)C)CC2)c1. The second-order valence-corrected chi connectivity index (χ2v) is 7.37. The van der Waals surface area contributed by atoms with Crippen molar-refractivity contribution in [2.45, 2.75) is 34.1 Å². The lowest BCUT2D eigenvalue weighted by atomic mass is 9.83. The van der Waals surface area contributed by atoms with Crippen molar-refractivity contribution in [3.05, 3.63) is 53.6 Å². The summed E-state index contributed by atoms with van der Waals surface area (Å²) in [5, 5.41) is 7.70. The number of rotatable bonds is 2. The fourth-order valence-electron chi connectivity index (χ4n) is 3.08. The number of carbonyl (C=O) groups excluding carboxylic acids is 1. The Kier molecular flexibility index (Phi) is 4.26. The van der Waals surface area contributed by atoms with Gasteiger partial charge in [-0.3, -0.25) is 9.36 Å². The van der Waals surface area contributed by atoms with Gasteiger partial charge in [-0.2, -0.15) is 0 Å². The molecule has 0 atom stereocenters. The molecule has 1 aliphatic rings. The summed E-state index contributed by atoms with van der Waals surface area (Å²) in [6, 6.07) is 5.90. The zero-order chi connectivity index (χ0) is 17.3. The average molecular weight is 324 g/mol. The molecule has 2 aromatic rings. The molecule has 5 heteroatoms. The van der Waals surface area contributed by atoms with Gasteiger partial charge in [-0.05, 0) is 30.9 Å². The molecule has 0 fully saturated rings. The zero-order valence-electron chi connectivity index (χ0n) is 14.8. The van der Waals surface area contributed by atoms with Crippen molar-refractivity contribution >= 4 is 5.91 Å². The Morgan fingerprint density at radius 1 is 1.17 bits per heavy atom. The van der Waals surface area contributed by atoms with Crippen LogP contribution < -0.4 is 0 Å². The first-order chi connectivity index (χ1) is 11.4. The number of carbonyl (C=O) groups is 1. The Bertz CT molecular complexity index is 769. The topological polar surface area (TPSA) is 51.0 Å². The minimum Gasteiger partial charge on any atom is -0.335 e. The van der Waals surface area contributed by atoms with E-state index in [1.165, 1.54) is 5.57 Å². The number of hydrogen-bond acceptors (Lipinski definition) is 3. The summed E-state index contributed by atoms with van der Waals surface area (Å²) in [6.07, 6.45) is 6.38. The van der Waals surface area contributed by atoms with Crippen LogP contribution in [0.5, 0.6) is 0 Å². The van der Waals surface area contributed by atoms with E-state index in [4.69, 9.17) is 0 Å². The van der Waals surface area contributed by atoms with Crippen LogP contribution in [0.3, 0.4) is 0 Å². The van der Waals surface area contributed by atoms with Gasteiger partial charge in [0.1, 0.15) is 12.7 Å². The van der Waals surface area contributed by atoms with Crippen molar-refractivity contribution in [1.29, 1.82) is 0 Å². The number of aryl methyl sites for hydroxylation is 1. The van der Waals surface area contributed by atoms with Gasteiger partial charge in [-0.25, -0.2) is 0 Å². The van der Waals surface area contributed by atoms with Crippen LogP contribution in [0.4, 0.5) is 0 Å². The molecule has 0 bridgehead atoms. The van der Waals surface area contributed by atoms with Gasteiger partial charge in [0.05, 0.1) is 11.3 Å². The van der Waals surface area contributed by atoms with Gasteiger partial charge in [0.25, 0.3) is 5.91 Å². The Labute approximate surface area is 143 Å². The molecule has 1 aromatic carbocycles. The fraction of sp³-hybridized carbons (Fsp3) is 0.421. The van der Waals surface area contributed by atoms with Crippen LogP contribution in [0, 0.1) is 12.3 Å². The van der Waals surface area contributed by atoms with Crippen molar-refractivity contribution < 1.29 is 4.79 Å². The third kappa shape index (κ3) is 3.25. The maximum Gasteiger partial charge on any atom is 0.256 e. The van der Waals surface area contributed by atoms with E-state index in [2.05, 4.69) is 37.0 Å². The van der Waals surface area contributed by atoms with Gasteiger partial charge < -0.3 is 4.90 Å². The Morgan fingerprint density at radius 3 is 2.46 bits per heavy atom. The summed E-state index contributed by atoms with van der Waals surface area (Å²) >= 11 is 0. The van der Waals surface area contributed by atoms with Gasteiger partial charge >= 0.3 is 0 Å². The van der Waals surface area contributed by atoms with Crippen molar-refractivity contribution in [2.75, 3.05) is 13.1 Å². The van der Waals surface area contributed by atoms with E-state index in [9.17, 15) is 4.79 Å². The smallest absolute Gasteiger partial charge is 0.256 e. The molecule has 0 radical (unpaired) electrons. The average Bonchev–Trinajstić information content (AvgIpc) is 3.07. The highest BCUT2D eigenvalue weighted by Gasteiger charge is 2.25. The molecular weight excluding hydrogens is 300 g/mol. The number of nitrogens with zero attached hydrogens (tertiary/aromatic N) is 4. The maximum atomic E-state index is 13.1. The standard InChI is InChI=1S/C19H24N4O/c1-14-5-6-17(23-12-20-21-13-23)16(11-14)18(24)22-9-7-15(8-10-22)19(2,3)4/h5-7,11-13H,8-10H2,1-4H3. The van der Waals surface area contributed by atoms with Crippen molar-refractivity contribution in [2.24, 2.45) is 5.41 Å². The summed E-state index contributed by atoms with van der Waals surface area (Å²) in [6.45, 7) is 10.1. The van der Waals surface area contributed by atoms with Crippen LogP contribution >= 0.6 is 0 Å². The number of hydrogen-bond donors (Lipinski definition) is 0. The zero-order valence-corrected chi connectivity index (χ0v) is 14.8. The van der Waals surface area contributed by atoms with Crippen molar-refractivity contribution in [3.63, 3.8) is 0 Å². The minimum atomic E-state index is 0.0617. The molecule has 0 spiro atoms. The molecule has 5 nitrogen and oxygen atoms in total. The molecule has 0 N–H and O–H groups in total. The summed E-state index contributed by atoms with van der Waals surface area (Å²) in [5.74, 6) is 0.0617. The molecule has 1 aromatic heterocycles. The normalized spacial score (nSPS) is 15.3. The van der Waals surface area contributed by atoms with Crippen LogP contribution in [-0.4, -0.2) is 38.7 Å². The number of benzene rings is 1. The fourth-order valence-corrected chi connectivity index (χ4v) is 3.08. The molecule has 0 aliphatic carbocycles.